The van der Waals surface area contributed by atoms with E-state index >= 15 is 0 Å². The molecular formula is C11H18N4O2. The predicted molar refractivity (Wildman–Crippen MR) is 62.4 cm³/mol. The number of carbonyl (C=O) groups is 1. The SMILES string of the molecule is NCCn1cnc(C(=O)N(CCO)C2CC2)c1. The van der Waals surface area contributed by atoms with Crippen molar-refractivity contribution in [3.05, 3.63) is 18.2 Å². The molecule has 1 aromatic heterocycles. The molecule has 94 valence electrons. The second-order valence-electron chi connectivity index (χ2n) is 4.24. The van der Waals surface area contributed by atoms with Crippen LogP contribution in [0.2, 0.25) is 0 Å². The van der Waals surface area contributed by atoms with Crippen LogP contribution < -0.4 is 5.73 Å². The van der Waals surface area contributed by atoms with Gasteiger partial charge in [-0.1, -0.05) is 0 Å². The van der Waals surface area contributed by atoms with Gasteiger partial charge in [-0.3, -0.25) is 4.79 Å². The summed E-state index contributed by atoms with van der Waals surface area (Å²) in [5.41, 5.74) is 5.86. The third kappa shape index (κ3) is 2.83. The molecule has 1 saturated carbocycles. The third-order valence-corrected chi connectivity index (χ3v) is 2.83. The second kappa shape index (κ2) is 5.29. The second-order valence-corrected chi connectivity index (χ2v) is 4.24. The van der Waals surface area contributed by atoms with Crippen LogP contribution >= 0.6 is 0 Å². The number of carbonyl (C=O) groups excluding carboxylic acids is 1. The van der Waals surface area contributed by atoms with Gasteiger partial charge in [0.15, 0.2) is 0 Å². The fourth-order valence-corrected chi connectivity index (χ4v) is 1.83. The van der Waals surface area contributed by atoms with E-state index in [-0.39, 0.29) is 18.6 Å². The van der Waals surface area contributed by atoms with Crippen LogP contribution in [0.3, 0.4) is 0 Å². The summed E-state index contributed by atoms with van der Waals surface area (Å²) in [6.45, 7) is 1.55. The minimum absolute atomic E-state index is 0.00819. The predicted octanol–water partition coefficient (Wildman–Crippen LogP) is -0.561. The first-order valence-corrected chi connectivity index (χ1v) is 5.90. The number of aliphatic hydroxyl groups is 1. The molecule has 3 N–H and O–H groups in total. The molecule has 1 aliphatic carbocycles. The number of nitrogens with two attached hydrogens (primary N) is 1. The largest absolute Gasteiger partial charge is 0.395 e. The summed E-state index contributed by atoms with van der Waals surface area (Å²) in [5, 5.41) is 8.96. The molecule has 0 aliphatic heterocycles. The molecule has 1 aliphatic rings. The molecule has 6 heteroatoms. The van der Waals surface area contributed by atoms with Crippen molar-refractivity contribution in [2.24, 2.45) is 5.73 Å². The van der Waals surface area contributed by atoms with Crippen LogP contribution in [0.15, 0.2) is 12.5 Å². The fourth-order valence-electron chi connectivity index (χ4n) is 1.83. The van der Waals surface area contributed by atoms with E-state index in [9.17, 15) is 4.79 Å². The van der Waals surface area contributed by atoms with Crippen LogP contribution in [0.1, 0.15) is 23.3 Å². The molecule has 0 spiro atoms. The van der Waals surface area contributed by atoms with E-state index < -0.39 is 0 Å². The summed E-state index contributed by atoms with van der Waals surface area (Å²) < 4.78 is 1.80. The summed E-state index contributed by atoms with van der Waals surface area (Å²) in [4.78, 5) is 17.9. The van der Waals surface area contributed by atoms with Gasteiger partial charge in [-0.25, -0.2) is 4.98 Å². The number of hydrogen-bond acceptors (Lipinski definition) is 4. The maximum absolute atomic E-state index is 12.1. The van der Waals surface area contributed by atoms with Crippen LogP contribution in [0.5, 0.6) is 0 Å². The standard InChI is InChI=1S/C11H18N4O2/c12-3-4-14-7-10(13-8-14)11(17)15(5-6-16)9-1-2-9/h7-9,16H,1-6,12H2. The van der Waals surface area contributed by atoms with Crippen molar-refractivity contribution in [2.75, 3.05) is 19.7 Å². The Morgan fingerprint density at radius 2 is 2.41 bits per heavy atom. The Labute approximate surface area is 100 Å². The molecule has 1 aromatic rings. The van der Waals surface area contributed by atoms with Gasteiger partial charge in [0.2, 0.25) is 0 Å². The Morgan fingerprint density at radius 3 is 3.00 bits per heavy atom. The van der Waals surface area contributed by atoms with Crippen molar-refractivity contribution in [3.63, 3.8) is 0 Å². The fraction of sp³-hybridized carbons (Fsp3) is 0.636. The van der Waals surface area contributed by atoms with Crippen molar-refractivity contribution < 1.29 is 9.90 Å². The van der Waals surface area contributed by atoms with E-state index in [1.165, 1.54) is 0 Å². The monoisotopic (exact) mass is 238 g/mol. The molecule has 0 bridgehead atoms. The van der Waals surface area contributed by atoms with Crippen LogP contribution in [0.4, 0.5) is 0 Å². The lowest BCUT2D eigenvalue weighted by molar-refractivity contribution is 0.0702. The highest BCUT2D eigenvalue weighted by Gasteiger charge is 2.33. The Hall–Kier alpha value is -1.40. The van der Waals surface area contributed by atoms with Crippen molar-refractivity contribution in [1.29, 1.82) is 0 Å². The summed E-state index contributed by atoms with van der Waals surface area (Å²) in [7, 11) is 0. The number of aliphatic hydroxyl groups excluding tert-OH is 1. The molecule has 1 fully saturated rings. The van der Waals surface area contributed by atoms with Gasteiger partial charge in [0, 0.05) is 31.9 Å². The summed E-state index contributed by atoms with van der Waals surface area (Å²) >= 11 is 0. The number of aromatic nitrogens is 2. The summed E-state index contributed by atoms with van der Waals surface area (Å²) in [6.07, 6.45) is 5.37. The molecule has 1 heterocycles. The topological polar surface area (TPSA) is 84.4 Å². The Kier molecular flexibility index (Phi) is 3.75. The molecular weight excluding hydrogens is 220 g/mol. The number of imidazole rings is 1. The number of amides is 1. The lowest BCUT2D eigenvalue weighted by Gasteiger charge is -2.19. The number of hydrogen-bond donors (Lipinski definition) is 2. The van der Waals surface area contributed by atoms with E-state index in [1.54, 1.807) is 22.0 Å². The molecule has 17 heavy (non-hydrogen) atoms. The smallest absolute Gasteiger partial charge is 0.274 e. The average Bonchev–Trinajstić information content (AvgIpc) is 3.06. The van der Waals surface area contributed by atoms with Crippen LogP contribution in [0.25, 0.3) is 0 Å². The van der Waals surface area contributed by atoms with Crippen molar-refractivity contribution in [3.8, 4) is 0 Å². The van der Waals surface area contributed by atoms with Gasteiger partial charge in [-0.15, -0.1) is 0 Å². The van der Waals surface area contributed by atoms with Gasteiger partial charge in [0.05, 0.1) is 12.9 Å². The van der Waals surface area contributed by atoms with Gasteiger partial charge in [0.25, 0.3) is 5.91 Å². The van der Waals surface area contributed by atoms with E-state index in [4.69, 9.17) is 10.8 Å². The van der Waals surface area contributed by atoms with Gasteiger partial charge >= 0.3 is 0 Å². The number of rotatable bonds is 6. The minimum Gasteiger partial charge on any atom is -0.395 e. The van der Waals surface area contributed by atoms with Gasteiger partial charge in [0.1, 0.15) is 5.69 Å². The molecule has 0 radical (unpaired) electrons. The van der Waals surface area contributed by atoms with Gasteiger partial charge in [-0.2, -0.15) is 0 Å². The first kappa shape index (κ1) is 12.1. The maximum Gasteiger partial charge on any atom is 0.274 e. The molecule has 1 amide bonds. The third-order valence-electron chi connectivity index (χ3n) is 2.83. The molecule has 0 unspecified atom stereocenters. The first-order valence-electron chi connectivity index (χ1n) is 5.90. The zero-order valence-corrected chi connectivity index (χ0v) is 9.75. The molecule has 2 rings (SSSR count). The first-order chi connectivity index (χ1) is 8.26. The lowest BCUT2D eigenvalue weighted by atomic mass is 10.3. The Morgan fingerprint density at radius 1 is 1.65 bits per heavy atom. The zero-order chi connectivity index (χ0) is 12.3. The normalized spacial score (nSPS) is 14.9. The molecule has 0 aromatic carbocycles. The highest BCUT2D eigenvalue weighted by atomic mass is 16.3. The van der Waals surface area contributed by atoms with Crippen LogP contribution in [-0.4, -0.2) is 51.2 Å². The average molecular weight is 238 g/mol. The van der Waals surface area contributed by atoms with Crippen molar-refractivity contribution >= 4 is 5.91 Å². The van der Waals surface area contributed by atoms with E-state index in [1.807, 2.05) is 0 Å². The highest BCUT2D eigenvalue weighted by molar-refractivity contribution is 5.92. The Balaban J connectivity index is 2.05. The number of nitrogens with zero attached hydrogens (tertiary/aromatic N) is 3. The molecule has 6 nitrogen and oxygen atoms in total. The van der Waals surface area contributed by atoms with Crippen molar-refractivity contribution in [2.45, 2.75) is 25.4 Å². The molecule has 0 saturated heterocycles. The highest BCUT2D eigenvalue weighted by Crippen LogP contribution is 2.27. The minimum atomic E-state index is -0.0997. The zero-order valence-electron chi connectivity index (χ0n) is 9.75. The van der Waals surface area contributed by atoms with Crippen molar-refractivity contribution in [1.82, 2.24) is 14.5 Å². The van der Waals surface area contributed by atoms with Crippen LogP contribution in [0, 0.1) is 0 Å². The van der Waals surface area contributed by atoms with E-state index in [2.05, 4.69) is 4.98 Å². The lowest BCUT2D eigenvalue weighted by Crippen LogP contribution is -2.35. The quantitative estimate of drug-likeness (QED) is 0.695. The van der Waals surface area contributed by atoms with Gasteiger partial charge in [-0.05, 0) is 12.8 Å². The Bertz CT molecular complexity index is 387. The maximum atomic E-state index is 12.1. The molecule has 0 atom stereocenters. The van der Waals surface area contributed by atoms with Crippen LogP contribution in [-0.2, 0) is 6.54 Å². The summed E-state index contributed by atoms with van der Waals surface area (Å²) in [6, 6.07) is 0.286. The van der Waals surface area contributed by atoms with Gasteiger partial charge < -0.3 is 20.3 Å². The van der Waals surface area contributed by atoms with E-state index in [0.29, 0.717) is 25.3 Å². The summed E-state index contributed by atoms with van der Waals surface area (Å²) in [5.74, 6) is -0.0997. The van der Waals surface area contributed by atoms with E-state index in [0.717, 1.165) is 12.8 Å².